The lowest BCUT2D eigenvalue weighted by molar-refractivity contribution is -0.116. The fourth-order valence-electron chi connectivity index (χ4n) is 1.90. The zero-order valence-corrected chi connectivity index (χ0v) is 12.3. The summed E-state index contributed by atoms with van der Waals surface area (Å²) >= 11 is 0. The molecule has 1 atom stereocenters. The predicted octanol–water partition coefficient (Wildman–Crippen LogP) is 3.52. The Morgan fingerprint density at radius 2 is 1.71 bits per heavy atom. The molecule has 0 heterocycles. The van der Waals surface area contributed by atoms with Gasteiger partial charge in [0.2, 0.25) is 5.91 Å². The number of para-hydroxylation sites is 1. The van der Waals surface area contributed by atoms with Crippen LogP contribution >= 0.6 is 0 Å². The highest BCUT2D eigenvalue weighted by atomic mass is 16.5. The Balaban J connectivity index is 1.91. The lowest BCUT2D eigenvalue weighted by Crippen LogP contribution is -2.31. The van der Waals surface area contributed by atoms with Gasteiger partial charge in [0.15, 0.2) is 0 Å². The van der Waals surface area contributed by atoms with Crippen LogP contribution in [-0.4, -0.2) is 18.6 Å². The van der Waals surface area contributed by atoms with Crippen LogP contribution in [-0.2, 0) is 4.79 Å². The van der Waals surface area contributed by atoms with Crippen molar-refractivity contribution in [2.45, 2.75) is 19.9 Å². The molecule has 110 valence electrons. The molecule has 0 spiro atoms. The number of nitrogens with one attached hydrogen (secondary N) is 2. The number of rotatable bonds is 6. The molecular formula is C17H20N2O2. The summed E-state index contributed by atoms with van der Waals surface area (Å²) in [5.74, 6) is 0.717. The summed E-state index contributed by atoms with van der Waals surface area (Å²) in [5, 5.41) is 6.03. The van der Waals surface area contributed by atoms with E-state index in [1.807, 2.05) is 68.4 Å². The average molecular weight is 284 g/mol. The van der Waals surface area contributed by atoms with Crippen LogP contribution in [0.1, 0.15) is 13.8 Å². The first-order valence-electron chi connectivity index (χ1n) is 7.04. The Morgan fingerprint density at radius 1 is 1.05 bits per heavy atom. The lowest BCUT2D eigenvalue weighted by Gasteiger charge is -2.15. The molecule has 2 rings (SSSR count). The fourth-order valence-corrected chi connectivity index (χ4v) is 1.90. The monoisotopic (exact) mass is 284 g/mol. The smallest absolute Gasteiger partial charge is 0.246 e. The number of carbonyl (C=O) groups excluding carboxylic acids is 1. The maximum atomic E-state index is 12.1. The molecule has 2 aromatic carbocycles. The van der Waals surface area contributed by atoms with E-state index in [4.69, 9.17) is 4.74 Å². The summed E-state index contributed by atoms with van der Waals surface area (Å²) in [6.07, 6.45) is 0. The maximum absolute atomic E-state index is 12.1. The van der Waals surface area contributed by atoms with Crippen LogP contribution in [0.5, 0.6) is 5.75 Å². The van der Waals surface area contributed by atoms with Gasteiger partial charge in [0.25, 0.3) is 0 Å². The van der Waals surface area contributed by atoms with E-state index in [1.165, 1.54) is 0 Å². The molecule has 0 saturated heterocycles. The van der Waals surface area contributed by atoms with Crippen LogP contribution in [0.25, 0.3) is 0 Å². The van der Waals surface area contributed by atoms with Crippen LogP contribution in [0.15, 0.2) is 54.6 Å². The number of hydrogen-bond donors (Lipinski definition) is 2. The summed E-state index contributed by atoms with van der Waals surface area (Å²) in [4.78, 5) is 12.1. The van der Waals surface area contributed by atoms with Crippen molar-refractivity contribution in [1.29, 1.82) is 0 Å². The summed E-state index contributed by atoms with van der Waals surface area (Å²) < 4.78 is 5.37. The molecule has 0 aliphatic carbocycles. The minimum Gasteiger partial charge on any atom is -0.494 e. The van der Waals surface area contributed by atoms with Gasteiger partial charge >= 0.3 is 0 Å². The highest BCUT2D eigenvalue weighted by molar-refractivity contribution is 5.96. The van der Waals surface area contributed by atoms with Crippen molar-refractivity contribution < 1.29 is 9.53 Å². The average Bonchev–Trinajstić information content (AvgIpc) is 2.50. The standard InChI is InChI=1S/C17H20N2O2/c1-3-21-16-11-9-15(10-12-16)19-17(20)13(2)18-14-7-5-4-6-8-14/h4-13,18H,3H2,1-2H3,(H,19,20). The summed E-state index contributed by atoms with van der Waals surface area (Å²) in [7, 11) is 0. The lowest BCUT2D eigenvalue weighted by atomic mass is 10.2. The summed E-state index contributed by atoms with van der Waals surface area (Å²) in [5.41, 5.74) is 1.68. The van der Waals surface area contributed by atoms with Crippen molar-refractivity contribution in [1.82, 2.24) is 0 Å². The highest BCUT2D eigenvalue weighted by Crippen LogP contribution is 2.16. The molecule has 4 nitrogen and oxygen atoms in total. The maximum Gasteiger partial charge on any atom is 0.246 e. The predicted molar refractivity (Wildman–Crippen MR) is 85.8 cm³/mol. The number of hydrogen-bond acceptors (Lipinski definition) is 3. The highest BCUT2D eigenvalue weighted by Gasteiger charge is 2.12. The van der Waals surface area contributed by atoms with Gasteiger partial charge in [0.05, 0.1) is 6.61 Å². The van der Waals surface area contributed by atoms with Crippen molar-refractivity contribution in [2.24, 2.45) is 0 Å². The van der Waals surface area contributed by atoms with Crippen LogP contribution < -0.4 is 15.4 Å². The van der Waals surface area contributed by atoms with E-state index >= 15 is 0 Å². The molecular weight excluding hydrogens is 264 g/mol. The minimum atomic E-state index is -0.320. The Labute approximate surface area is 125 Å². The van der Waals surface area contributed by atoms with Crippen LogP contribution in [0.3, 0.4) is 0 Å². The fraction of sp³-hybridized carbons (Fsp3) is 0.235. The van der Waals surface area contributed by atoms with Gasteiger partial charge < -0.3 is 15.4 Å². The van der Waals surface area contributed by atoms with Crippen molar-refractivity contribution >= 4 is 17.3 Å². The van der Waals surface area contributed by atoms with Crippen molar-refractivity contribution in [2.75, 3.05) is 17.2 Å². The molecule has 2 aromatic rings. The third-order valence-corrected chi connectivity index (χ3v) is 2.98. The normalized spacial score (nSPS) is 11.5. The number of benzene rings is 2. The van der Waals surface area contributed by atoms with E-state index in [2.05, 4.69) is 10.6 Å². The molecule has 2 N–H and O–H groups in total. The number of ether oxygens (including phenoxy) is 1. The summed E-state index contributed by atoms with van der Waals surface area (Å²) in [6.45, 7) is 4.40. The van der Waals surface area contributed by atoms with Gasteiger partial charge in [-0.3, -0.25) is 4.79 Å². The van der Waals surface area contributed by atoms with Crippen molar-refractivity contribution in [3.8, 4) is 5.75 Å². The van der Waals surface area contributed by atoms with Gasteiger partial charge in [-0.1, -0.05) is 18.2 Å². The minimum absolute atomic E-state index is 0.0805. The number of amides is 1. The van der Waals surface area contributed by atoms with E-state index in [-0.39, 0.29) is 11.9 Å². The zero-order chi connectivity index (χ0) is 15.1. The summed E-state index contributed by atoms with van der Waals surface area (Å²) in [6, 6.07) is 16.7. The quantitative estimate of drug-likeness (QED) is 0.853. The van der Waals surface area contributed by atoms with Gasteiger partial charge in [-0.25, -0.2) is 0 Å². The third-order valence-electron chi connectivity index (χ3n) is 2.98. The van der Waals surface area contributed by atoms with Crippen molar-refractivity contribution in [3.05, 3.63) is 54.6 Å². The first-order chi connectivity index (χ1) is 10.2. The molecule has 1 amide bonds. The molecule has 4 heteroatoms. The van der Waals surface area contributed by atoms with Gasteiger partial charge in [-0.15, -0.1) is 0 Å². The zero-order valence-electron chi connectivity index (χ0n) is 12.3. The molecule has 0 aromatic heterocycles. The molecule has 0 radical (unpaired) electrons. The second-order valence-corrected chi connectivity index (χ2v) is 4.68. The Morgan fingerprint density at radius 3 is 2.33 bits per heavy atom. The molecule has 0 fully saturated rings. The number of anilines is 2. The SMILES string of the molecule is CCOc1ccc(NC(=O)C(C)Nc2ccccc2)cc1. The van der Waals surface area contributed by atoms with Gasteiger partial charge in [0.1, 0.15) is 11.8 Å². The first-order valence-corrected chi connectivity index (χ1v) is 7.04. The van der Waals surface area contributed by atoms with Crippen LogP contribution in [0.2, 0.25) is 0 Å². The van der Waals surface area contributed by atoms with Crippen molar-refractivity contribution in [3.63, 3.8) is 0 Å². The Kier molecular flexibility index (Phi) is 5.21. The largest absolute Gasteiger partial charge is 0.494 e. The Bertz CT molecular complexity index is 567. The Hall–Kier alpha value is -2.49. The molecule has 0 saturated carbocycles. The van der Waals surface area contributed by atoms with E-state index in [0.29, 0.717) is 6.61 Å². The van der Waals surface area contributed by atoms with E-state index in [9.17, 15) is 4.79 Å². The number of carbonyl (C=O) groups is 1. The molecule has 0 bridgehead atoms. The van der Waals surface area contributed by atoms with E-state index in [1.54, 1.807) is 0 Å². The molecule has 21 heavy (non-hydrogen) atoms. The van der Waals surface area contributed by atoms with Gasteiger partial charge in [-0.2, -0.15) is 0 Å². The van der Waals surface area contributed by atoms with Gasteiger partial charge in [0, 0.05) is 11.4 Å². The second-order valence-electron chi connectivity index (χ2n) is 4.68. The third kappa shape index (κ3) is 4.53. The van der Waals surface area contributed by atoms with Crippen LogP contribution in [0, 0.1) is 0 Å². The van der Waals surface area contributed by atoms with Gasteiger partial charge in [-0.05, 0) is 50.2 Å². The molecule has 1 unspecified atom stereocenters. The molecule has 0 aliphatic rings. The van der Waals surface area contributed by atoms with Crippen LogP contribution in [0.4, 0.5) is 11.4 Å². The van der Waals surface area contributed by atoms with E-state index < -0.39 is 0 Å². The second kappa shape index (κ2) is 7.33. The van der Waals surface area contributed by atoms with E-state index in [0.717, 1.165) is 17.1 Å². The first kappa shape index (κ1) is 14.9. The topological polar surface area (TPSA) is 50.4 Å². The molecule has 0 aliphatic heterocycles.